The number of rotatable bonds is 7. The Morgan fingerprint density at radius 1 is 1.07 bits per heavy atom. The molecular formula is C20H27NO7S. The third-order valence-corrected chi connectivity index (χ3v) is 5.41. The first-order valence-corrected chi connectivity index (χ1v) is 9.99. The lowest BCUT2D eigenvalue weighted by Crippen LogP contribution is -2.57. The van der Waals surface area contributed by atoms with Crippen LogP contribution in [0.5, 0.6) is 0 Å². The minimum absolute atomic E-state index is 0.0946. The van der Waals surface area contributed by atoms with Crippen LogP contribution in [0.3, 0.4) is 0 Å². The van der Waals surface area contributed by atoms with Gasteiger partial charge in [0.25, 0.3) is 0 Å². The van der Waals surface area contributed by atoms with E-state index in [1.165, 1.54) is 32.7 Å². The second-order valence-corrected chi connectivity index (χ2v) is 8.40. The molecule has 160 valence electrons. The van der Waals surface area contributed by atoms with Gasteiger partial charge >= 0.3 is 17.9 Å². The number of nitrogens with zero attached hydrogens (tertiary/aromatic N) is 1. The largest absolute Gasteiger partial charge is 0.463 e. The molecule has 1 saturated heterocycles. The Balaban J connectivity index is 2.51. The molecule has 1 aliphatic heterocycles. The highest BCUT2D eigenvalue weighted by Crippen LogP contribution is 2.49. The summed E-state index contributed by atoms with van der Waals surface area (Å²) >= 11 is 1.34. The van der Waals surface area contributed by atoms with E-state index in [0.717, 1.165) is 5.56 Å². The van der Waals surface area contributed by atoms with Gasteiger partial charge in [-0.3, -0.25) is 18.7 Å². The van der Waals surface area contributed by atoms with Crippen LogP contribution in [0.15, 0.2) is 30.3 Å². The monoisotopic (exact) mass is 425 g/mol. The molecule has 4 atom stereocenters. The molecule has 2 rings (SSSR count). The fraction of sp³-hybridized carbons (Fsp3) is 0.550. The molecule has 29 heavy (non-hydrogen) atoms. The highest BCUT2D eigenvalue weighted by molar-refractivity contribution is 7.97. The Morgan fingerprint density at radius 3 is 2.21 bits per heavy atom. The van der Waals surface area contributed by atoms with E-state index in [9.17, 15) is 14.4 Å². The fourth-order valence-electron chi connectivity index (χ4n) is 3.23. The zero-order chi connectivity index (χ0) is 21.6. The van der Waals surface area contributed by atoms with Crippen molar-refractivity contribution in [1.82, 2.24) is 4.31 Å². The van der Waals surface area contributed by atoms with Crippen molar-refractivity contribution in [2.24, 2.45) is 0 Å². The summed E-state index contributed by atoms with van der Waals surface area (Å²) in [4.78, 5) is 33.7. The van der Waals surface area contributed by atoms with Crippen LogP contribution in [0.4, 0.5) is 0 Å². The van der Waals surface area contributed by atoms with Gasteiger partial charge in [-0.25, -0.2) is 0 Å². The first kappa shape index (κ1) is 23.2. The quantitative estimate of drug-likeness (QED) is 0.370. The Morgan fingerprint density at radius 2 is 1.69 bits per heavy atom. The summed E-state index contributed by atoms with van der Waals surface area (Å²) in [7, 11) is 3.70. The molecule has 0 radical (unpaired) electrons. The molecule has 1 heterocycles. The van der Waals surface area contributed by atoms with Crippen molar-refractivity contribution in [2.75, 3.05) is 20.7 Å². The number of hydrogen-bond donors (Lipinski definition) is 0. The minimum atomic E-state index is -1.11. The second kappa shape index (κ2) is 10.1. The number of ether oxygens (including phenoxy) is 4. The summed E-state index contributed by atoms with van der Waals surface area (Å²) in [6, 6.07) is 9.35. The molecule has 0 aliphatic carbocycles. The van der Waals surface area contributed by atoms with Crippen LogP contribution in [0.1, 0.15) is 32.8 Å². The van der Waals surface area contributed by atoms with Gasteiger partial charge in [-0.1, -0.05) is 30.3 Å². The Labute approximate surface area is 174 Å². The van der Waals surface area contributed by atoms with E-state index in [1.54, 1.807) is 0 Å². The van der Waals surface area contributed by atoms with E-state index in [2.05, 4.69) is 0 Å². The predicted octanol–water partition coefficient (Wildman–Crippen LogP) is 2.26. The Kier molecular flexibility index (Phi) is 8.06. The van der Waals surface area contributed by atoms with Crippen molar-refractivity contribution in [3.05, 3.63) is 35.9 Å². The summed E-state index contributed by atoms with van der Waals surface area (Å²) in [5.74, 6) is -1.44. The molecule has 0 spiro atoms. The van der Waals surface area contributed by atoms with E-state index in [0.29, 0.717) is 0 Å². The molecule has 1 fully saturated rings. The van der Waals surface area contributed by atoms with E-state index in [1.807, 2.05) is 48.7 Å². The van der Waals surface area contributed by atoms with Crippen molar-refractivity contribution < 1.29 is 33.3 Å². The fourth-order valence-corrected chi connectivity index (χ4v) is 4.44. The lowest BCUT2D eigenvalue weighted by Gasteiger charge is -2.48. The van der Waals surface area contributed by atoms with Crippen LogP contribution in [0.25, 0.3) is 0 Å². The maximum atomic E-state index is 11.9. The van der Waals surface area contributed by atoms with Gasteiger partial charge in [-0.05, 0) is 31.6 Å². The Bertz CT molecular complexity index is 727. The molecule has 9 heteroatoms. The van der Waals surface area contributed by atoms with Gasteiger partial charge in [0.2, 0.25) is 0 Å². The average Bonchev–Trinajstić information content (AvgIpc) is 2.62. The molecule has 8 nitrogen and oxygen atoms in total. The molecular weight excluding hydrogens is 398 g/mol. The highest BCUT2D eigenvalue weighted by Gasteiger charge is 2.54. The number of hydrogen-bond acceptors (Lipinski definition) is 9. The number of carbonyl (C=O) groups excluding carboxylic acids is 3. The van der Waals surface area contributed by atoms with E-state index in [-0.39, 0.29) is 13.0 Å². The van der Waals surface area contributed by atoms with Gasteiger partial charge in [0.15, 0.2) is 4.93 Å². The molecule has 1 aliphatic rings. The van der Waals surface area contributed by atoms with Gasteiger partial charge in [-0.2, -0.15) is 0 Å². The summed E-state index contributed by atoms with van der Waals surface area (Å²) in [6.07, 6.45) is -2.02. The summed E-state index contributed by atoms with van der Waals surface area (Å²) in [5.41, 5.74) is 0.777. The van der Waals surface area contributed by atoms with Gasteiger partial charge < -0.3 is 18.9 Å². The van der Waals surface area contributed by atoms with Crippen molar-refractivity contribution in [2.45, 2.75) is 50.4 Å². The topological polar surface area (TPSA) is 91.4 Å². The van der Waals surface area contributed by atoms with Gasteiger partial charge in [0, 0.05) is 27.2 Å². The first-order chi connectivity index (χ1) is 13.6. The third-order valence-electron chi connectivity index (χ3n) is 4.18. The van der Waals surface area contributed by atoms with Crippen LogP contribution in [-0.2, 0) is 38.3 Å². The molecule has 0 saturated carbocycles. The Hall–Kier alpha value is -2.10. The molecule has 1 aromatic rings. The van der Waals surface area contributed by atoms with Crippen molar-refractivity contribution in [3.63, 3.8) is 0 Å². The first-order valence-electron chi connectivity index (χ1n) is 9.21. The van der Waals surface area contributed by atoms with Crippen LogP contribution >= 0.6 is 11.9 Å². The highest BCUT2D eigenvalue weighted by atomic mass is 32.2. The van der Waals surface area contributed by atoms with E-state index in [4.69, 9.17) is 18.9 Å². The van der Waals surface area contributed by atoms with Crippen LogP contribution in [0, 0.1) is 0 Å². The molecule has 1 aromatic carbocycles. The molecule has 0 unspecified atom stereocenters. The van der Waals surface area contributed by atoms with Crippen LogP contribution in [-0.4, -0.2) is 61.2 Å². The lowest BCUT2D eigenvalue weighted by atomic mass is 9.92. The molecule has 0 amide bonds. The normalized spacial score (nSPS) is 26.6. The zero-order valence-corrected chi connectivity index (χ0v) is 18.1. The average molecular weight is 426 g/mol. The van der Waals surface area contributed by atoms with Gasteiger partial charge in [0.1, 0.15) is 24.9 Å². The maximum absolute atomic E-state index is 11.9. The number of carbonyl (C=O) groups is 3. The zero-order valence-electron chi connectivity index (χ0n) is 17.2. The minimum Gasteiger partial charge on any atom is -0.463 e. The standard InChI is InChI=1S/C20H27NO7S/c1-13(22)25-12-18-17(26-14(2)23)11-19(27-15(3)24)20(28-18,29-21(4)5)16-9-7-6-8-10-16/h6-10,17-19H,11-12H2,1-5H3/t17-,18+,19+,20-/m0/s1. The molecule has 0 aromatic heterocycles. The number of esters is 3. The van der Waals surface area contributed by atoms with Crippen LogP contribution < -0.4 is 0 Å². The summed E-state index contributed by atoms with van der Waals surface area (Å²) < 4.78 is 24.5. The predicted molar refractivity (Wildman–Crippen MR) is 107 cm³/mol. The van der Waals surface area contributed by atoms with Crippen molar-refractivity contribution in [1.29, 1.82) is 0 Å². The second-order valence-electron chi connectivity index (χ2n) is 6.88. The summed E-state index contributed by atoms with van der Waals surface area (Å²) in [6.45, 7) is 3.81. The van der Waals surface area contributed by atoms with E-state index >= 15 is 0 Å². The van der Waals surface area contributed by atoms with Gasteiger partial charge in [0.05, 0.1) is 0 Å². The SMILES string of the molecule is CC(=O)OC[C@H]1O[C@](SN(C)C)(c2ccccc2)[C@H](OC(C)=O)C[C@@H]1OC(C)=O. The van der Waals surface area contributed by atoms with Crippen molar-refractivity contribution in [3.8, 4) is 0 Å². The number of benzene rings is 1. The third kappa shape index (κ3) is 6.19. The van der Waals surface area contributed by atoms with Crippen LogP contribution in [0.2, 0.25) is 0 Å². The molecule has 0 N–H and O–H groups in total. The van der Waals surface area contributed by atoms with Gasteiger partial charge in [-0.15, -0.1) is 0 Å². The summed E-state index contributed by atoms with van der Waals surface area (Å²) in [5, 5.41) is 0. The smallest absolute Gasteiger partial charge is 0.303 e. The lowest BCUT2D eigenvalue weighted by molar-refractivity contribution is -0.224. The van der Waals surface area contributed by atoms with E-state index < -0.39 is 41.2 Å². The van der Waals surface area contributed by atoms with Crippen molar-refractivity contribution >= 4 is 29.9 Å². The maximum Gasteiger partial charge on any atom is 0.303 e. The molecule has 0 bridgehead atoms.